The molecular weight excluding hydrogens is 397 g/mol. The first-order chi connectivity index (χ1) is 11.4. The van der Waals surface area contributed by atoms with Crippen molar-refractivity contribution in [1.82, 2.24) is 15.6 Å². The van der Waals surface area contributed by atoms with Crippen molar-refractivity contribution < 1.29 is 9.59 Å². The van der Waals surface area contributed by atoms with Gasteiger partial charge in [-0.05, 0) is 17.7 Å². The molecule has 1 aromatic heterocycles. The molecule has 1 aromatic carbocycles. The largest absolute Gasteiger partial charge is 0.298 e. The molecule has 0 saturated carbocycles. The second-order valence-electron chi connectivity index (χ2n) is 4.31. The van der Waals surface area contributed by atoms with Crippen molar-refractivity contribution in [1.29, 1.82) is 0 Å². The van der Waals surface area contributed by atoms with Gasteiger partial charge in [0.25, 0.3) is 5.91 Å². The van der Waals surface area contributed by atoms with Gasteiger partial charge in [0.15, 0.2) is 4.84 Å². The molecule has 11 heteroatoms. The summed E-state index contributed by atoms with van der Waals surface area (Å²) in [6.45, 7) is 0. The maximum Gasteiger partial charge on any atom is 0.259 e. The molecule has 24 heavy (non-hydrogen) atoms. The molecule has 0 aliphatic heterocycles. The van der Waals surface area contributed by atoms with Crippen molar-refractivity contribution in [3.63, 3.8) is 0 Å². The second-order valence-corrected chi connectivity index (χ2v) is 6.91. The first-order valence-corrected chi connectivity index (χ1v) is 8.49. The van der Waals surface area contributed by atoms with Gasteiger partial charge in [0.2, 0.25) is 11.0 Å². The third-order valence-corrected chi connectivity index (χ3v) is 3.97. The Balaban J connectivity index is 1.83. The molecular formula is C13H10Cl3N5O2S. The standard InChI is InChI=1S/C13H10Cl3N5O2S/c14-8-3-1-7(2-4-8)6-17-19-9(22)5-10-20-21-13(24-10)18-12(23)11(15)16/h1-4,6,11H,5H2,(H,19,22)(H,18,21,23)/b17-6-. The Morgan fingerprint density at radius 3 is 2.62 bits per heavy atom. The van der Waals surface area contributed by atoms with E-state index < -0.39 is 10.7 Å². The maximum absolute atomic E-state index is 11.8. The molecule has 0 radical (unpaired) electrons. The number of amides is 2. The van der Waals surface area contributed by atoms with E-state index in [1.54, 1.807) is 24.3 Å². The lowest BCUT2D eigenvalue weighted by atomic mass is 10.2. The van der Waals surface area contributed by atoms with Crippen LogP contribution >= 0.6 is 46.1 Å². The highest BCUT2D eigenvalue weighted by molar-refractivity contribution is 7.15. The summed E-state index contributed by atoms with van der Waals surface area (Å²) < 4.78 is 0. The fourth-order valence-electron chi connectivity index (χ4n) is 1.44. The van der Waals surface area contributed by atoms with Crippen LogP contribution in [0.1, 0.15) is 10.6 Å². The fraction of sp³-hybridized carbons (Fsp3) is 0.154. The summed E-state index contributed by atoms with van der Waals surface area (Å²) in [7, 11) is 0. The summed E-state index contributed by atoms with van der Waals surface area (Å²) >= 11 is 17.6. The number of nitrogens with zero attached hydrogens (tertiary/aromatic N) is 3. The van der Waals surface area contributed by atoms with Gasteiger partial charge < -0.3 is 0 Å². The van der Waals surface area contributed by atoms with E-state index in [1.165, 1.54) is 6.21 Å². The van der Waals surface area contributed by atoms with Crippen LogP contribution in [0.4, 0.5) is 5.13 Å². The minimum Gasteiger partial charge on any atom is -0.298 e. The molecule has 0 saturated heterocycles. The van der Waals surface area contributed by atoms with E-state index in [0.29, 0.717) is 10.0 Å². The lowest BCUT2D eigenvalue weighted by Crippen LogP contribution is -2.19. The number of hydrazone groups is 1. The lowest BCUT2D eigenvalue weighted by molar-refractivity contribution is -0.120. The zero-order chi connectivity index (χ0) is 17.5. The van der Waals surface area contributed by atoms with Crippen LogP contribution in [0.2, 0.25) is 5.02 Å². The van der Waals surface area contributed by atoms with E-state index in [9.17, 15) is 9.59 Å². The second kappa shape index (κ2) is 8.93. The molecule has 2 rings (SSSR count). The molecule has 0 aliphatic carbocycles. The van der Waals surface area contributed by atoms with Crippen LogP contribution in [-0.2, 0) is 16.0 Å². The summed E-state index contributed by atoms with van der Waals surface area (Å²) in [5, 5.41) is 14.9. The van der Waals surface area contributed by atoms with E-state index >= 15 is 0 Å². The van der Waals surface area contributed by atoms with Crippen LogP contribution in [0.3, 0.4) is 0 Å². The highest BCUT2D eigenvalue weighted by Gasteiger charge is 2.15. The SMILES string of the molecule is O=C(Cc1nnc(NC(=O)C(Cl)Cl)s1)N/N=C\c1ccc(Cl)cc1. The summed E-state index contributed by atoms with van der Waals surface area (Å²) in [6, 6.07) is 6.96. The van der Waals surface area contributed by atoms with Crippen LogP contribution in [-0.4, -0.2) is 33.1 Å². The minimum atomic E-state index is -1.21. The zero-order valence-corrected chi connectivity index (χ0v) is 15.0. The number of nitrogens with one attached hydrogen (secondary N) is 2. The van der Waals surface area contributed by atoms with Crippen LogP contribution < -0.4 is 10.7 Å². The van der Waals surface area contributed by atoms with E-state index in [1.807, 2.05) is 0 Å². The number of anilines is 1. The van der Waals surface area contributed by atoms with Gasteiger partial charge in [-0.15, -0.1) is 10.2 Å². The van der Waals surface area contributed by atoms with Gasteiger partial charge in [0, 0.05) is 5.02 Å². The average Bonchev–Trinajstić information content (AvgIpc) is 2.96. The maximum atomic E-state index is 11.8. The minimum absolute atomic E-state index is 0.0311. The highest BCUT2D eigenvalue weighted by atomic mass is 35.5. The third kappa shape index (κ3) is 6.04. The topological polar surface area (TPSA) is 96.3 Å². The Morgan fingerprint density at radius 2 is 1.96 bits per heavy atom. The summed E-state index contributed by atoms with van der Waals surface area (Å²) in [6.07, 6.45) is 1.46. The van der Waals surface area contributed by atoms with E-state index in [4.69, 9.17) is 34.8 Å². The number of carbonyl (C=O) groups excluding carboxylic acids is 2. The monoisotopic (exact) mass is 405 g/mol. The van der Waals surface area contributed by atoms with Crippen molar-refractivity contribution in [2.75, 3.05) is 5.32 Å². The molecule has 0 unspecified atom stereocenters. The normalized spacial score (nSPS) is 11.0. The smallest absolute Gasteiger partial charge is 0.259 e. The number of aromatic nitrogens is 2. The number of alkyl halides is 2. The quantitative estimate of drug-likeness (QED) is 0.438. The first-order valence-electron chi connectivity index (χ1n) is 6.43. The first kappa shape index (κ1) is 18.6. The van der Waals surface area contributed by atoms with Crippen LogP contribution in [0.15, 0.2) is 29.4 Å². The van der Waals surface area contributed by atoms with Gasteiger partial charge in [0.1, 0.15) is 5.01 Å². The molecule has 2 amide bonds. The highest BCUT2D eigenvalue weighted by Crippen LogP contribution is 2.17. The number of rotatable bonds is 6. The fourth-order valence-corrected chi connectivity index (χ4v) is 2.42. The number of carbonyl (C=O) groups is 2. The number of hydrogen-bond donors (Lipinski definition) is 2. The van der Waals surface area contributed by atoms with Crippen molar-refractivity contribution in [3.05, 3.63) is 39.9 Å². The van der Waals surface area contributed by atoms with Gasteiger partial charge in [-0.3, -0.25) is 14.9 Å². The Morgan fingerprint density at radius 1 is 1.25 bits per heavy atom. The van der Waals surface area contributed by atoms with Crippen molar-refractivity contribution in [3.8, 4) is 0 Å². The molecule has 0 spiro atoms. The molecule has 0 aliphatic rings. The number of benzene rings is 1. The number of halogens is 3. The Bertz CT molecular complexity index is 748. The van der Waals surface area contributed by atoms with Gasteiger partial charge in [-0.2, -0.15) is 5.10 Å². The Kier molecular flexibility index (Phi) is 6.92. The molecule has 0 bridgehead atoms. The number of hydrogen-bond acceptors (Lipinski definition) is 6. The van der Waals surface area contributed by atoms with Crippen molar-refractivity contribution in [2.24, 2.45) is 5.10 Å². The van der Waals surface area contributed by atoms with Crippen LogP contribution in [0, 0.1) is 0 Å². The molecule has 0 fully saturated rings. The summed E-state index contributed by atoms with van der Waals surface area (Å²) in [5.41, 5.74) is 3.16. The zero-order valence-electron chi connectivity index (χ0n) is 11.9. The molecule has 2 aromatic rings. The van der Waals surface area contributed by atoms with E-state index in [0.717, 1.165) is 16.9 Å². The lowest BCUT2D eigenvalue weighted by Gasteiger charge is -1.99. The summed E-state index contributed by atoms with van der Waals surface area (Å²) in [5.74, 6) is -0.986. The van der Waals surface area contributed by atoms with E-state index in [-0.39, 0.29) is 17.5 Å². The predicted molar refractivity (Wildman–Crippen MR) is 94.9 cm³/mol. The predicted octanol–water partition coefficient (Wildman–Crippen LogP) is 2.63. The van der Waals surface area contributed by atoms with Crippen molar-refractivity contribution in [2.45, 2.75) is 11.3 Å². The molecule has 7 nitrogen and oxygen atoms in total. The molecule has 0 atom stereocenters. The van der Waals surface area contributed by atoms with Crippen LogP contribution in [0.5, 0.6) is 0 Å². The van der Waals surface area contributed by atoms with Gasteiger partial charge in [-0.25, -0.2) is 5.43 Å². The van der Waals surface area contributed by atoms with Crippen molar-refractivity contribution >= 4 is 69.3 Å². The van der Waals surface area contributed by atoms with Crippen LogP contribution in [0.25, 0.3) is 0 Å². The Labute approximate surface area is 156 Å². The van der Waals surface area contributed by atoms with Gasteiger partial charge in [0.05, 0.1) is 12.6 Å². The average molecular weight is 407 g/mol. The Hall–Kier alpha value is -1.74. The van der Waals surface area contributed by atoms with E-state index in [2.05, 4.69) is 26.0 Å². The summed E-state index contributed by atoms with van der Waals surface area (Å²) in [4.78, 5) is 21.9. The third-order valence-electron chi connectivity index (χ3n) is 2.48. The van der Waals surface area contributed by atoms with Gasteiger partial charge >= 0.3 is 0 Å². The molecule has 2 N–H and O–H groups in total. The molecule has 126 valence electrons. The van der Waals surface area contributed by atoms with Gasteiger partial charge in [-0.1, -0.05) is 58.3 Å². The molecule has 1 heterocycles.